The standard InChI is InChI=1S/C12H10ClN3O2/c13-9-5-7(1-3-10(9)17)12(18)16-8-2-4-11(14)15-6-8/h1-6,17H,(H2,14,15)(H,16,18). The van der Waals surface area contributed by atoms with Gasteiger partial charge in [-0.3, -0.25) is 4.79 Å². The van der Waals surface area contributed by atoms with E-state index in [0.717, 1.165) is 0 Å². The van der Waals surface area contributed by atoms with E-state index in [1.54, 1.807) is 12.1 Å². The number of hydrogen-bond acceptors (Lipinski definition) is 4. The van der Waals surface area contributed by atoms with Crippen LogP contribution in [-0.2, 0) is 0 Å². The van der Waals surface area contributed by atoms with Crippen molar-refractivity contribution in [3.8, 4) is 5.75 Å². The van der Waals surface area contributed by atoms with Gasteiger partial charge < -0.3 is 16.2 Å². The molecule has 0 atom stereocenters. The lowest BCUT2D eigenvalue weighted by Gasteiger charge is -2.06. The summed E-state index contributed by atoms with van der Waals surface area (Å²) in [6.45, 7) is 0. The fourth-order valence-electron chi connectivity index (χ4n) is 1.33. The molecule has 4 N–H and O–H groups in total. The number of carbonyl (C=O) groups excluding carboxylic acids is 1. The summed E-state index contributed by atoms with van der Waals surface area (Å²) in [6.07, 6.45) is 1.45. The lowest BCUT2D eigenvalue weighted by Crippen LogP contribution is -2.12. The van der Waals surface area contributed by atoms with E-state index in [0.29, 0.717) is 17.1 Å². The van der Waals surface area contributed by atoms with Crippen LogP contribution in [0.1, 0.15) is 10.4 Å². The number of nitrogens with one attached hydrogen (secondary N) is 1. The lowest BCUT2D eigenvalue weighted by atomic mass is 10.2. The number of halogens is 1. The van der Waals surface area contributed by atoms with Gasteiger partial charge in [-0.1, -0.05) is 11.6 Å². The number of amides is 1. The summed E-state index contributed by atoms with van der Waals surface area (Å²) < 4.78 is 0. The van der Waals surface area contributed by atoms with E-state index in [1.165, 1.54) is 24.4 Å². The number of anilines is 2. The molecule has 0 saturated carbocycles. The number of pyridine rings is 1. The van der Waals surface area contributed by atoms with Crippen molar-refractivity contribution < 1.29 is 9.90 Å². The largest absolute Gasteiger partial charge is 0.506 e. The van der Waals surface area contributed by atoms with Gasteiger partial charge in [0.2, 0.25) is 0 Å². The average Bonchev–Trinajstić information content (AvgIpc) is 2.35. The molecular weight excluding hydrogens is 254 g/mol. The highest BCUT2D eigenvalue weighted by atomic mass is 35.5. The Kier molecular flexibility index (Phi) is 3.34. The normalized spacial score (nSPS) is 10.1. The summed E-state index contributed by atoms with van der Waals surface area (Å²) in [4.78, 5) is 15.7. The monoisotopic (exact) mass is 263 g/mol. The summed E-state index contributed by atoms with van der Waals surface area (Å²) in [5.41, 5.74) is 6.30. The van der Waals surface area contributed by atoms with Crippen molar-refractivity contribution in [3.05, 3.63) is 47.1 Å². The van der Waals surface area contributed by atoms with Crippen molar-refractivity contribution in [3.63, 3.8) is 0 Å². The molecule has 0 fully saturated rings. The predicted octanol–water partition coefficient (Wildman–Crippen LogP) is 2.28. The van der Waals surface area contributed by atoms with E-state index >= 15 is 0 Å². The van der Waals surface area contributed by atoms with E-state index in [4.69, 9.17) is 17.3 Å². The Morgan fingerprint density at radius 2 is 2.11 bits per heavy atom. The zero-order valence-electron chi connectivity index (χ0n) is 9.22. The molecule has 1 amide bonds. The Bertz CT molecular complexity index is 584. The van der Waals surface area contributed by atoms with Gasteiger partial charge in [-0.15, -0.1) is 0 Å². The van der Waals surface area contributed by atoms with E-state index in [-0.39, 0.29) is 16.7 Å². The number of phenolic OH excluding ortho intramolecular Hbond substituents is 1. The molecule has 18 heavy (non-hydrogen) atoms. The zero-order chi connectivity index (χ0) is 13.1. The summed E-state index contributed by atoms with van der Waals surface area (Å²) >= 11 is 5.72. The van der Waals surface area contributed by atoms with Crippen LogP contribution in [0.4, 0.5) is 11.5 Å². The van der Waals surface area contributed by atoms with Crippen LogP contribution in [0.15, 0.2) is 36.5 Å². The molecule has 0 bridgehead atoms. The molecule has 6 heteroatoms. The average molecular weight is 264 g/mol. The third-order valence-electron chi connectivity index (χ3n) is 2.25. The van der Waals surface area contributed by atoms with Crippen molar-refractivity contribution in [2.45, 2.75) is 0 Å². The molecule has 0 spiro atoms. The minimum atomic E-state index is -0.344. The summed E-state index contributed by atoms with van der Waals surface area (Å²) in [5.74, 6) is -0.0356. The number of nitrogens with zero attached hydrogens (tertiary/aromatic N) is 1. The van der Waals surface area contributed by atoms with Crippen molar-refractivity contribution in [1.82, 2.24) is 4.98 Å². The Morgan fingerprint density at radius 3 is 2.72 bits per heavy atom. The number of nitrogens with two attached hydrogens (primary N) is 1. The second-order valence-electron chi connectivity index (χ2n) is 3.59. The third kappa shape index (κ3) is 2.70. The van der Waals surface area contributed by atoms with Gasteiger partial charge in [0.15, 0.2) is 0 Å². The van der Waals surface area contributed by atoms with Crippen LogP contribution >= 0.6 is 11.6 Å². The van der Waals surface area contributed by atoms with Crippen LogP contribution in [-0.4, -0.2) is 16.0 Å². The Hall–Kier alpha value is -2.27. The van der Waals surface area contributed by atoms with E-state index < -0.39 is 0 Å². The first kappa shape index (κ1) is 12.2. The number of aromatic hydroxyl groups is 1. The van der Waals surface area contributed by atoms with Crippen LogP contribution in [0.25, 0.3) is 0 Å². The van der Waals surface area contributed by atoms with Gasteiger partial charge >= 0.3 is 0 Å². The summed E-state index contributed by atoms with van der Waals surface area (Å²) in [6, 6.07) is 7.44. The number of hydrogen-bond donors (Lipinski definition) is 3. The molecule has 1 heterocycles. The Balaban J connectivity index is 2.16. The van der Waals surface area contributed by atoms with E-state index in [2.05, 4.69) is 10.3 Å². The quantitative estimate of drug-likeness (QED) is 0.775. The Morgan fingerprint density at radius 1 is 1.33 bits per heavy atom. The summed E-state index contributed by atoms with van der Waals surface area (Å²) in [7, 11) is 0. The highest BCUT2D eigenvalue weighted by Gasteiger charge is 2.08. The maximum absolute atomic E-state index is 11.9. The smallest absolute Gasteiger partial charge is 0.255 e. The van der Waals surface area contributed by atoms with Gasteiger partial charge in [0.25, 0.3) is 5.91 Å². The molecule has 0 aliphatic heterocycles. The molecule has 5 nitrogen and oxygen atoms in total. The van der Waals surface area contributed by atoms with Gasteiger partial charge in [0.05, 0.1) is 16.9 Å². The van der Waals surface area contributed by atoms with Gasteiger partial charge in [-0.2, -0.15) is 0 Å². The first-order chi connectivity index (χ1) is 8.56. The highest BCUT2D eigenvalue weighted by molar-refractivity contribution is 6.32. The number of rotatable bonds is 2. The first-order valence-electron chi connectivity index (χ1n) is 5.07. The third-order valence-corrected chi connectivity index (χ3v) is 2.56. The van der Waals surface area contributed by atoms with E-state index in [1.807, 2.05) is 0 Å². The van der Waals surface area contributed by atoms with Crippen LogP contribution in [0.3, 0.4) is 0 Å². The SMILES string of the molecule is Nc1ccc(NC(=O)c2ccc(O)c(Cl)c2)cn1. The number of carbonyl (C=O) groups is 1. The second kappa shape index (κ2) is 4.93. The molecule has 1 aromatic carbocycles. The van der Waals surface area contributed by atoms with Crippen LogP contribution in [0.2, 0.25) is 5.02 Å². The van der Waals surface area contributed by atoms with Gasteiger partial charge in [-0.05, 0) is 30.3 Å². The summed E-state index contributed by atoms with van der Waals surface area (Å²) in [5, 5.41) is 12.0. The van der Waals surface area contributed by atoms with Gasteiger partial charge in [0, 0.05) is 5.56 Å². The molecule has 0 radical (unpaired) electrons. The first-order valence-corrected chi connectivity index (χ1v) is 5.45. The number of benzene rings is 1. The molecule has 92 valence electrons. The number of nitrogen functional groups attached to an aromatic ring is 1. The molecular formula is C12H10ClN3O2. The topological polar surface area (TPSA) is 88.2 Å². The predicted molar refractivity (Wildman–Crippen MR) is 69.7 cm³/mol. The molecule has 0 aliphatic rings. The highest BCUT2D eigenvalue weighted by Crippen LogP contribution is 2.24. The van der Waals surface area contributed by atoms with Crippen molar-refractivity contribution in [2.75, 3.05) is 11.1 Å². The lowest BCUT2D eigenvalue weighted by molar-refractivity contribution is 0.102. The fourth-order valence-corrected chi connectivity index (χ4v) is 1.51. The van der Waals surface area contributed by atoms with Crippen molar-refractivity contribution >= 4 is 29.0 Å². The molecule has 0 unspecified atom stereocenters. The van der Waals surface area contributed by atoms with Crippen molar-refractivity contribution in [1.29, 1.82) is 0 Å². The number of phenols is 1. The maximum Gasteiger partial charge on any atom is 0.255 e. The van der Waals surface area contributed by atoms with Gasteiger partial charge in [-0.25, -0.2) is 4.98 Å². The number of aromatic nitrogens is 1. The van der Waals surface area contributed by atoms with Crippen LogP contribution < -0.4 is 11.1 Å². The van der Waals surface area contributed by atoms with Crippen LogP contribution in [0.5, 0.6) is 5.75 Å². The molecule has 2 rings (SSSR count). The maximum atomic E-state index is 11.9. The van der Waals surface area contributed by atoms with E-state index in [9.17, 15) is 9.90 Å². The minimum Gasteiger partial charge on any atom is -0.506 e. The second-order valence-corrected chi connectivity index (χ2v) is 4.00. The minimum absolute atomic E-state index is 0.0673. The molecule has 2 aromatic rings. The van der Waals surface area contributed by atoms with Crippen molar-refractivity contribution in [2.24, 2.45) is 0 Å². The zero-order valence-corrected chi connectivity index (χ0v) is 9.98. The fraction of sp³-hybridized carbons (Fsp3) is 0. The van der Waals surface area contributed by atoms with Gasteiger partial charge in [0.1, 0.15) is 11.6 Å². The molecule has 1 aromatic heterocycles. The molecule has 0 saturated heterocycles. The Labute approximate surface area is 108 Å². The van der Waals surface area contributed by atoms with Crippen LogP contribution in [0, 0.1) is 0 Å². The molecule has 0 aliphatic carbocycles.